The van der Waals surface area contributed by atoms with Crippen LogP contribution >= 0.6 is 7.82 Å². The molecule has 0 saturated heterocycles. The van der Waals surface area contributed by atoms with Crippen molar-refractivity contribution in [1.29, 1.82) is 0 Å². The van der Waals surface area contributed by atoms with Crippen molar-refractivity contribution in [3.05, 3.63) is 109 Å². The van der Waals surface area contributed by atoms with Gasteiger partial charge in [0.1, 0.15) is 6.61 Å². The minimum atomic E-state index is -4.40. The zero-order valence-corrected chi connectivity index (χ0v) is 31.2. The van der Waals surface area contributed by atoms with Crippen molar-refractivity contribution in [2.75, 3.05) is 26.4 Å². The lowest BCUT2D eigenvalue weighted by Crippen LogP contribution is -2.29. The number of carbonyl (C=O) groups is 2. The first kappa shape index (κ1) is 46.7. The molecule has 0 aromatic rings. The van der Waals surface area contributed by atoms with Gasteiger partial charge in [0.15, 0.2) is 6.10 Å². The maximum atomic E-state index is 12.5. The molecule has 0 radical (unpaired) electrons. The first-order valence-corrected chi connectivity index (χ1v) is 19.4. The summed E-state index contributed by atoms with van der Waals surface area (Å²) in [5.41, 5.74) is 5.31. The van der Waals surface area contributed by atoms with E-state index in [1.165, 1.54) is 0 Å². The maximum Gasteiger partial charge on any atom is 0.472 e. The molecule has 0 spiro atoms. The van der Waals surface area contributed by atoms with E-state index in [1.54, 1.807) is 0 Å². The molecule has 3 N–H and O–H groups in total. The van der Waals surface area contributed by atoms with Crippen LogP contribution in [-0.4, -0.2) is 49.3 Å². The van der Waals surface area contributed by atoms with E-state index >= 15 is 0 Å². The van der Waals surface area contributed by atoms with Crippen LogP contribution in [0.5, 0.6) is 0 Å². The predicted molar refractivity (Wildman–Crippen MR) is 205 cm³/mol. The second kappa shape index (κ2) is 35.5. The molecule has 0 aliphatic rings. The lowest BCUT2D eigenvalue weighted by atomic mass is 10.1. The number of phosphoric acid groups is 1. The number of hydrogen-bond donors (Lipinski definition) is 2. The number of phosphoric ester groups is 1. The van der Waals surface area contributed by atoms with Crippen molar-refractivity contribution < 1.29 is 37.6 Å². The monoisotopic (exact) mass is 715 g/mol. The highest BCUT2D eigenvalue weighted by Gasteiger charge is 2.25. The van der Waals surface area contributed by atoms with Crippen LogP contribution in [0.1, 0.15) is 97.3 Å². The third-order valence-electron chi connectivity index (χ3n) is 6.53. The van der Waals surface area contributed by atoms with Crippen LogP contribution < -0.4 is 5.73 Å². The Morgan fingerprint density at radius 1 is 0.620 bits per heavy atom. The van der Waals surface area contributed by atoms with Crippen molar-refractivity contribution in [3.8, 4) is 0 Å². The van der Waals surface area contributed by atoms with Gasteiger partial charge in [0.2, 0.25) is 0 Å². The molecule has 2 unspecified atom stereocenters. The SMILES string of the molecule is CC/C=C/C=C/C=C/C=C/C=C/CCCC(=O)OC(COC(=O)CCCCC/C=C/C/C=C/C/C=C/C/C=C/CC)COP(=O)(O)OCCN. The van der Waals surface area contributed by atoms with E-state index < -0.39 is 32.5 Å². The van der Waals surface area contributed by atoms with E-state index in [0.717, 1.165) is 51.4 Å². The van der Waals surface area contributed by atoms with Crippen molar-refractivity contribution in [3.63, 3.8) is 0 Å². The maximum absolute atomic E-state index is 12.5. The highest BCUT2D eigenvalue weighted by Crippen LogP contribution is 2.43. The summed E-state index contributed by atoms with van der Waals surface area (Å²) in [6.45, 7) is 3.29. The van der Waals surface area contributed by atoms with E-state index in [-0.39, 0.29) is 32.6 Å². The number of ether oxygens (including phenoxy) is 2. The van der Waals surface area contributed by atoms with Gasteiger partial charge in [-0.2, -0.15) is 0 Å². The minimum Gasteiger partial charge on any atom is -0.462 e. The number of allylic oxidation sites excluding steroid dienone is 18. The fraction of sp³-hybridized carbons (Fsp3) is 0.500. The summed E-state index contributed by atoms with van der Waals surface area (Å²) in [7, 11) is -4.40. The molecule has 0 amide bonds. The normalized spacial score (nSPS) is 14.7. The molecule has 0 rings (SSSR count). The molecule has 0 aliphatic heterocycles. The first-order chi connectivity index (χ1) is 24.3. The van der Waals surface area contributed by atoms with Crippen molar-refractivity contribution >= 4 is 19.8 Å². The molecule has 0 aliphatic carbocycles. The van der Waals surface area contributed by atoms with Crippen molar-refractivity contribution in [2.45, 2.75) is 103 Å². The fourth-order valence-corrected chi connectivity index (χ4v) is 4.71. The summed E-state index contributed by atoms with van der Waals surface area (Å²) < 4.78 is 32.5. The Morgan fingerprint density at radius 3 is 1.78 bits per heavy atom. The van der Waals surface area contributed by atoms with E-state index in [0.29, 0.717) is 19.3 Å². The Bertz CT molecular complexity index is 1180. The molecule has 0 aromatic carbocycles. The van der Waals surface area contributed by atoms with Gasteiger partial charge in [-0.3, -0.25) is 18.6 Å². The van der Waals surface area contributed by atoms with Gasteiger partial charge in [0.05, 0.1) is 13.2 Å². The van der Waals surface area contributed by atoms with E-state index in [4.69, 9.17) is 24.3 Å². The Morgan fingerprint density at radius 2 is 1.16 bits per heavy atom. The number of unbranched alkanes of at least 4 members (excludes halogenated alkanes) is 4. The quantitative estimate of drug-likeness (QED) is 0.0237. The summed E-state index contributed by atoms with van der Waals surface area (Å²) in [6.07, 6.45) is 45.6. The third-order valence-corrected chi connectivity index (χ3v) is 7.52. The second-order valence-corrected chi connectivity index (χ2v) is 12.5. The molecule has 0 aromatic heterocycles. The third kappa shape index (κ3) is 34.5. The van der Waals surface area contributed by atoms with Gasteiger partial charge < -0.3 is 20.1 Å². The number of rotatable bonds is 31. The molecule has 0 bridgehead atoms. The van der Waals surface area contributed by atoms with Crippen LogP contribution in [0.2, 0.25) is 0 Å². The predicted octanol–water partition coefficient (Wildman–Crippen LogP) is 9.65. The zero-order valence-electron chi connectivity index (χ0n) is 30.3. The van der Waals surface area contributed by atoms with Gasteiger partial charge in [0, 0.05) is 19.4 Å². The van der Waals surface area contributed by atoms with Crippen LogP contribution in [-0.2, 0) is 32.7 Å². The van der Waals surface area contributed by atoms with Gasteiger partial charge >= 0.3 is 19.8 Å². The van der Waals surface area contributed by atoms with Crippen LogP contribution in [0.4, 0.5) is 0 Å². The lowest BCUT2D eigenvalue weighted by molar-refractivity contribution is -0.161. The highest BCUT2D eigenvalue weighted by molar-refractivity contribution is 7.47. The lowest BCUT2D eigenvalue weighted by Gasteiger charge is -2.19. The Balaban J connectivity index is 4.46. The van der Waals surface area contributed by atoms with Gasteiger partial charge in [0.25, 0.3) is 0 Å². The van der Waals surface area contributed by atoms with Crippen LogP contribution in [0.15, 0.2) is 109 Å². The van der Waals surface area contributed by atoms with E-state index in [9.17, 15) is 19.0 Å². The molecule has 9 nitrogen and oxygen atoms in total. The standard InChI is InChI=1S/C40H62NO8P/c1-3-5-7-9-11-13-15-17-18-19-21-22-24-26-28-30-32-39(42)46-36-38(37-48-50(44,45)47-35-34-41)49-40(43)33-31-29-27-25-23-20-16-14-12-10-8-6-4-2/h5-8,10-14,16-18,20-23,25,27,38H,3-4,9,15,19,24,26,28-37,41H2,1-2H3,(H,44,45)/b7-5+,8-6+,12-10+,13-11+,16-14+,18-17+,22-21+,23-20+,27-25+. The second-order valence-electron chi connectivity index (χ2n) is 11.1. The van der Waals surface area contributed by atoms with E-state index in [2.05, 4.69) is 68.5 Å². The minimum absolute atomic E-state index is 0.0304. The average molecular weight is 716 g/mol. The molecule has 0 saturated carbocycles. The fourth-order valence-electron chi connectivity index (χ4n) is 3.95. The molecule has 0 fully saturated rings. The number of esters is 2. The molecule has 0 heterocycles. The summed E-state index contributed by atoms with van der Waals surface area (Å²) in [6, 6.07) is 0. The van der Waals surface area contributed by atoms with Gasteiger partial charge in [-0.25, -0.2) is 4.57 Å². The Hall–Kier alpha value is -3.33. The summed E-state index contributed by atoms with van der Waals surface area (Å²) >= 11 is 0. The summed E-state index contributed by atoms with van der Waals surface area (Å²) in [4.78, 5) is 34.6. The Kier molecular flexibility index (Phi) is 33.1. The first-order valence-electron chi connectivity index (χ1n) is 17.9. The highest BCUT2D eigenvalue weighted by atomic mass is 31.2. The summed E-state index contributed by atoms with van der Waals surface area (Å²) in [5, 5.41) is 0. The van der Waals surface area contributed by atoms with Crippen molar-refractivity contribution in [1.82, 2.24) is 0 Å². The van der Waals surface area contributed by atoms with E-state index in [1.807, 2.05) is 54.7 Å². The number of carbonyl (C=O) groups excluding carboxylic acids is 2. The Labute approximate surface area is 301 Å². The molecular formula is C40H62NO8P. The number of nitrogens with two attached hydrogens (primary N) is 1. The average Bonchev–Trinajstić information content (AvgIpc) is 3.10. The zero-order chi connectivity index (χ0) is 36.8. The molecular weight excluding hydrogens is 653 g/mol. The molecule has 2 atom stereocenters. The smallest absolute Gasteiger partial charge is 0.462 e. The van der Waals surface area contributed by atoms with Crippen LogP contribution in [0.25, 0.3) is 0 Å². The van der Waals surface area contributed by atoms with Crippen LogP contribution in [0.3, 0.4) is 0 Å². The molecule has 10 heteroatoms. The number of hydrogen-bond acceptors (Lipinski definition) is 8. The van der Waals surface area contributed by atoms with Crippen LogP contribution in [0, 0.1) is 0 Å². The summed E-state index contributed by atoms with van der Waals surface area (Å²) in [5.74, 6) is -0.969. The molecule has 50 heavy (non-hydrogen) atoms. The van der Waals surface area contributed by atoms with Crippen molar-refractivity contribution in [2.24, 2.45) is 5.73 Å². The topological polar surface area (TPSA) is 134 Å². The van der Waals surface area contributed by atoms with Gasteiger partial charge in [-0.1, -0.05) is 130 Å². The van der Waals surface area contributed by atoms with Gasteiger partial charge in [-0.15, -0.1) is 0 Å². The van der Waals surface area contributed by atoms with Gasteiger partial charge in [-0.05, 0) is 64.2 Å². The molecule has 280 valence electrons. The largest absolute Gasteiger partial charge is 0.472 e.